The first kappa shape index (κ1) is 20.9. The van der Waals surface area contributed by atoms with Crippen molar-refractivity contribution in [2.45, 2.75) is 112 Å². The molecule has 1 nitrogen and oxygen atoms in total. The average molecular weight is 387 g/mol. The summed E-state index contributed by atoms with van der Waals surface area (Å²) in [4.78, 5) is 12.1. The van der Waals surface area contributed by atoms with Crippen molar-refractivity contribution in [2.75, 3.05) is 0 Å². The smallest absolute Gasteiger partial charge is 0.133 e. The second-order valence-electron chi connectivity index (χ2n) is 12.4. The summed E-state index contributed by atoms with van der Waals surface area (Å²) >= 11 is 0. The molecule has 4 aliphatic carbocycles. The third-order valence-corrected chi connectivity index (χ3v) is 10.7. The molecular formula is C27H46O. The van der Waals surface area contributed by atoms with E-state index in [2.05, 4.69) is 34.6 Å². The maximum atomic E-state index is 12.1. The van der Waals surface area contributed by atoms with E-state index in [1.165, 1.54) is 64.2 Å². The molecule has 28 heavy (non-hydrogen) atoms. The van der Waals surface area contributed by atoms with Crippen LogP contribution in [0.2, 0.25) is 0 Å². The molecule has 4 saturated carbocycles. The lowest BCUT2D eigenvalue weighted by molar-refractivity contribution is -0.140. The molecule has 1 heteroatoms. The molecule has 0 bridgehead atoms. The van der Waals surface area contributed by atoms with Gasteiger partial charge in [0.15, 0.2) is 0 Å². The van der Waals surface area contributed by atoms with Crippen LogP contribution in [0.4, 0.5) is 0 Å². The maximum Gasteiger partial charge on any atom is 0.133 e. The quantitative estimate of drug-likeness (QED) is 0.473. The second kappa shape index (κ2) is 7.73. The van der Waals surface area contributed by atoms with Gasteiger partial charge in [-0.05, 0) is 97.2 Å². The molecule has 4 rings (SSSR count). The number of ketones is 1. The van der Waals surface area contributed by atoms with Gasteiger partial charge in [-0.2, -0.15) is 0 Å². The molecule has 0 aromatic heterocycles. The van der Waals surface area contributed by atoms with Gasteiger partial charge in [0, 0.05) is 12.8 Å². The van der Waals surface area contributed by atoms with Gasteiger partial charge in [0.1, 0.15) is 5.78 Å². The fourth-order valence-electron chi connectivity index (χ4n) is 9.07. The summed E-state index contributed by atoms with van der Waals surface area (Å²) in [6, 6.07) is 0. The van der Waals surface area contributed by atoms with E-state index in [0.29, 0.717) is 22.5 Å². The van der Waals surface area contributed by atoms with Gasteiger partial charge < -0.3 is 0 Å². The Balaban J connectivity index is 1.47. The highest BCUT2D eigenvalue weighted by atomic mass is 16.1. The molecule has 0 saturated heterocycles. The zero-order valence-corrected chi connectivity index (χ0v) is 19.4. The maximum absolute atomic E-state index is 12.1. The average Bonchev–Trinajstić information content (AvgIpc) is 2.99. The number of rotatable bonds is 5. The molecule has 0 amide bonds. The van der Waals surface area contributed by atoms with Crippen LogP contribution < -0.4 is 0 Å². The Bertz CT molecular complexity index is 579. The molecule has 4 fully saturated rings. The van der Waals surface area contributed by atoms with Gasteiger partial charge in [0.25, 0.3) is 0 Å². The normalized spacial score (nSPS) is 46.8. The van der Waals surface area contributed by atoms with E-state index in [0.717, 1.165) is 48.3 Å². The molecule has 0 spiro atoms. The van der Waals surface area contributed by atoms with Crippen LogP contribution in [-0.2, 0) is 4.79 Å². The summed E-state index contributed by atoms with van der Waals surface area (Å²) in [5.41, 5.74) is 1.07. The van der Waals surface area contributed by atoms with Crippen molar-refractivity contribution in [2.24, 2.45) is 52.3 Å². The van der Waals surface area contributed by atoms with Crippen LogP contribution in [0.5, 0.6) is 0 Å². The number of hydrogen-bond donors (Lipinski definition) is 0. The largest absolute Gasteiger partial charge is 0.300 e. The monoisotopic (exact) mass is 386 g/mol. The van der Waals surface area contributed by atoms with Gasteiger partial charge in [0.2, 0.25) is 0 Å². The van der Waals surface area contributed by atoms with Crippen LogP contribution in [-0.4, -0.2) is 5.78 Å². The number of Topliss-reactive ketones (excluding diaryl/α,β-unsaturated/α-hetero) is 1. The van der Waals surface area contributed by atoms with E-state index in [9.17, 15) is 4.79 Å². The molecule has 0 heterocycles. The van der Waals surface area contributed by atoms with E-state index in [1.54, 1.807) is 0 Å². The summed E-state index contributed by atoms with van der Waals surface area (Å²) in [7, 11) is 0. The molecular weight excluding hydrogens is 340 g/mol. The first-order chi connectivity index (χ1) is 13.3. The van der Waals surface area contributed by atoms with E-state index in [-0.39, 0.29) is 0 Å². The lowest BCUT2D eigenvalue weighted by Crippen LogP contribution is -2.53. The number of carbonyl (C=O) groups is 1. The third kappa shape index (κ3) is 3.41. The third-order valence-electron chi connectivity index (χ3n) is 10.7. The Labute approximate surface area is 174 Å². The van der Waals surface area contributed by atoms with Crippen LogP contribution in [0.25, 0.3) is 0 Å². The highest BCUT2D eigenvalue weighted by Gasteiger charge is 2.60. The van der Waals surface area contributed by atoms with Gasteiger partial charge in [-0.15, -0.1) is 0 Å². The van der Waals surface area contributed by atoms with Gasteiger partial charge >= 0.3 is 0 Å². The Morgan fingerprint density at radius 1 is 0.893 bits per heavy atom. The molecule has 160 valence electrons. The number of hydrogen-bond acceptors (Lipinski definition) is 1. The van der Waals surface area contributed by atoms with Crippen LogP contribution >= 0.6 is 0 Å². The fourth-order valence-corrected chi connectivity index (χ4v) is 9.07. The highest BCUT2D eigenvalue weighted by molar-refractivity contribution is 5.79. The predicted molar refractivity (Wildman–Crippen MR) is 118 cm³/mol. The summed E-state index contributed by atoms with van der Waals surface area (Å²) in [6.07, 6.45) is 15.9. The molecule has 4 aliphatic rings. The number of fused-ring (bicyclic) bond motifs is 5. The fraction of sp³-hybridized carbons (Fsp3) is 0.963. The number of carbonyl (C=O) groups excluding carboxylic acids is 1. The van der Waals surface area contributed by atoms with Crippen LogP contribution in [0.3, 0.4) is 0 Å². The van der Waals surface area contributed by atoms with Crippen molar-refractivity contribution in [1.82, 2.24) is 0 Å². The Morgan fingerprint density at radius 3 is 2.39 bits per heavy atom. The first-order valence-electron chi connectivity index (χ1n) is 12.8. The Hall–Kier alpha value is -0.330. The van der Waals surface area contributed by atoms with Gasteiger partial charge in [0.05, 0.1) is 0 Å². The van der Waals surface area contributed by atoms with E-state index in [1.807, 2.05) is 0 Å². The van der Waals surface area contributed by atoms with Crippen molar-refractivity contribution in [3.63, 3.8) is 0 Å². The molecule has 0 radical (unpaired) electrons. The van der Waals surface area contributed by atoms with Crippen LogP contribution in [0, 0.1) is 52.3 Å². The summed E-state index contributed by atoms with van der Waals surface area (Å²) in [5.74, 6) is 6.82. The van der Waals surface area contributed by atoms with Crippen molar-refractivity contribution in [3.05, 3.63) is 0 Å². The zero-order valence-electron chi connectivity index (χ0n) is 19.4. The molecule has 0 N–H and O–H groups in total. The van der Waals surface area contributed by atoms with E-state index < -0.39 is 0 Å². The molecule has 8 atom stereocenters. The first-order valence-corrected chi connectivity index (χ1v) is 12.8. The van der Waals surface area contributed by atoms with Crippen molar-refractivity contribution >= 4 is 5.78 Å². The van der Waals surface area contributed by atoms with Gasteiger partial charge in [-0.1, -0.05) is 53.9 Å². The Morgan fingerprint density at radius 2 is 1.64 bits per heavy atom. The predicted octanol–water partition coefficient (Wildman–Crippen LogP) is 7.68. The zero-order chi connectivity index (χ0) is 20.1. The second-order valence-corrected chi connectivity index (χ2v) is 12.4. The minimum Gasteiger partial charge on any atom is -0.300 e. The lowest BCUT2D eigenvalue weighted by Gasteiger charge is -2.60. The topological polar surface area (TPSA) is 17.1 Å². The van der Waals surface area contributed by atoms with Crippen LogP contribution in [0.1, 0.15) is 112 Å². The standard InChI is InChI=1S/C27H46O/c1-18(2)7-6-8-19(3)23-11-12-24-22-10-9-20-17-21(28)13-15-26(20,4)25(22)14-16-27(23,24)5/h18-20,22-25H,6-17H2,1-5H3/t19?,20-,22+,23-,24+,25+,26+,27-/m1/s1. The molecule has 0 aromatic rings. The van der Waals surface area contributed by atoms with E-state index in [4.69, 9.17) is 0 Å². The lowest BCUT2D eigenvalue weighted by atomic mass is 9.44. The molecule has 1 unspecified atom stereocenters. The van der Waals surface area contributed by atoms with Crippen molar-refractivity contribution < 1.29 is 4.79 Å². The summed E-state index contributed by atoms with van der Waals surface area (Å²) in [5, 5.41) is 0. The van der Waals surface area contributed by atoms with Gasteiger partial charge in [-0.3, -0.25) is 4.79 Å². The molecule has 0 aromatic carbocycles. The minimum atomic E-state index is 0.471. The Kier molecular flexibility index (Phi) is 5.78. The molecule has 0 aliphatic heterocycles. The summed E-state index contributed by atoms with van der Waals surface area (Å²) in [6.45, 7) is 12.6. The van der Waals surface area contributed by atoms with Gasteiger partial charge in [-0.25, -0.2) is 0 Å². The SMILES string of the molecule is CC(C)CCCC(C)[C@H]1CC[C@H]2[C@@H]3CC[C@@H]4CC(=O)CC[C@]4(C)[C@H]3CC[C@]12C. The minimum absolute atomic E-state index is 0.471. The van der Waals surface area contributed by atoms with Crippen molar-refractivity contribution in [3.8, 4) is 0 Å². The highest BCUT2D eigenvalue weighted by Crippen LogP contribution is 2.68. The summed E-state index contributed by atoms with van der Waals surface area (Å²) < 4.78 is 0. The van der Waals surface area contributed by atoms with Crippen LogP contribution in [0.15, 0.2) is 0 Å². The van der Waals surface area contributed by atoms with E-state index >= 15 is 0 Å². The van der Waals surface area contributed by atoms with Crippen molar-refractivity contribution in [1.29, 1.82) is 0 Å².